The molecule has 3 aromatic rings. The first-order valence-electron chi connectivity index (χ1n) is 6.16. The van der Waals surface area contributed by atoms with Gasteiger partial charge in [0.2, 0.25) is 0 Å². The van der Waals surface area contributed by atoms with E-state index >= 15 is 0 Å². The Morgan fingerprint density at radius 2 is 1.74 bits per heavy atom. The maximum absolute atomic E-state index is 9.97. The fraction of sp³-hybridized carbons (Fsp3) is 0.133. The van der Waals surface area contributed by atoms with Crippen molar-refractivity contribution in [3.05, 3.63) is 48.5 Å². The lowest BCUT2D eigenvalue weighted by molar-refractivity contribution is 0.278. The molecule has 19 heavy (non-hydrogen) atoms. The molecule has 0 atom stereocenters. The van der Waals surface area contributed by atoms with E-state index in [1.165, 1.54) is 0 Å². The van der Waals surface area contributed by atoms with E-state index in [0.29, 0.717) is 17.9 Å². The first-order valence-corrected chi connectivity index (χ1v) is 6.16. The standard InChI is InChI=1S/C15H14N2O2/c18-10-9-17-13-7-3-2-6-12(13)16-15(17)11-5-1-4-8-14(11)19/h1-8,18-19H,9-10H2. The number of imidazole rings is 1. The SMILES string of the molecule is OCCn1c(-c2ccccc2O)nc2ccccc21. The van der Waals surface area contributed by atoms with E-state index in [4.69, 9.17) is 0 Å². The van der Waals surface area contributed by atoms with E-state index in [1.807, 2.05) is 41.0 Å². The maximum Gasteiger partial charge on any atom is 0.144 e. The summed E-state index contributed by atoms with van der Waals surface area (Å²) in [7, 11) is 0. The largest absolute Gasteiger partial charge is 0.507 e. The Kier molecular flexibility index (Phi) is 2.93. The fourth-order valence-electron chi connectivity index (χ4n) is 2.27. The number of hydrogen-bond acceptors (Lipinski definition) is 3. The Morgan fingerprint density at radius 3 is 2.53 bits per heavy atom. The van der Waals surface area contributed by atoms with Gasteiger partial charge in [0.15, 0.2) is 0 Å². The molecule has 1 heterocycles. The lowest BCUT2D eigenvalue weighted by atomic mass is 10.2. The second-order valence-electron chi connectivity index (χ2n) is 4.32. The van der Waals surface area contributed by atoms with Crippen molar-refractivity contribution < 1.29 is 10.2 Å². The topological polar surface area (TPSA) is 58.3 Å². The number of hydrogen-bond donors (Lipinski definition) is 2. The zero-order valence-electron chi connectivity index (χ0n) is 10.3. The fourth-order valence-corrected chi connectivity index (χ4v) is 2.27. The highest BCUT2D eigenvalue weighted by molar-refractivity contribution is 5.81. The Balaban J connectivity index is 2.28. The molecule has 0 aliphatic rings. The minimum Gasteiger partial charge on any atom is -0.507 e. The molecule has 3 rings (SSSR count). The summed E-state index contributed by atoms with van der Waals surface area (Å²) in [6.07, 6.45) is 0. The molecular formula is C15H14N2O2. The number of phenols is 1. The summed E-state index contributed by atoms with van der Waals surface area (Å²) in [5, 5.41) is 19.2. The van der Waals surface area contributed by atoms with Crippen molar-refractivity contribution >= 4 is 11.0 Å². The molecule has 0 aliphatic heterocycles. The smallest absolute Gasteiger partial charge is 0.144 e. The van der Waals surface area contributed by atoms with Crippen LogP contribution in [-0.4, -0.2) is 26.4 Å². The van der Waals surface area contributed by atoms with Crippen molar-refractivity contribution in [3.8, 4) is 17.1 Å². The number of aromatic nitrogens is 2. The third-order valence-corrected chi connectivity index (χ3v) is 3.12. The van der Waals surface area contributed by atoms with Crippen LogP contribution >= 0.6 is 0 Å². The van der Waals surface area contributed by atoms with Crippen molar-refractivity contribution in [1.29, 1.82) is 0 Å². The van der Waals surface area contributed by atoms with Crippen molar-refractivity contribution in [2.75, 3.05) is 6.61 Å². The average molecular weight is 254 g/mol. The molecule has 0 spiro atoms. The van der Waals surface area contributed by atoms with E-state index in [2.05, 4.69) is 4.98 Å². The third kappa shape index (κ3) is 1.96. The van der Waals surface area contributed by atoms with Gasteiger partial charge in [0, 0.05) is 6.54 Å². The predicted molar refractivity (Wildman–Crippen MR) is 73.9 cm³/mol. The van der Waals surface area contributed by atoms with Gasteiger partial charge in [0.25, 0.3) is 0 Å². The summed E-state index contributed by atoms with van der Waals surface area (Å²) in [5.74, 6) is 0.866. The molecule has 0 fully saturated rings. The van der Waals surface area contributed by atoms with Crippen molar-refractivity contribution in [2.24, 2.45) is 0 Å². The van der Waals surface area contributed by atoms with Gasteiger partial charge in [-0.3, -0.25) is 0 Å². The highest BCUT2D eigenvalue weighted by atomic mass is 16.3. The molecule has 0 saturated heterocycles. The maximum atomic E-state index is 9.97. The van der Waals surface area contributed by atoms with Gasteiger partial charge in [-0.15, -0.1) is 0 Å². The lowest BCUT2D eigenvalue weighted by Crippen LogP contribution is -2.04. The molecule has 4 nitrogen and oxygen atoms in total. The Morgan fingerprint density at radius 1 is 1.00 bits per heavy atom. The normalized spacial score (nSPS) is 11.0. The average Bonchev–Trinajstić information content (AvgIpc) is 2.79. The first kappa shape index (κ1) is 11.7. The molecule has 0 saturated carbocycles. The van der Waals surface area contributed by atoms with Gasteiger partial charge >= 0.3 is 0 Å². The molecule has 1 aromatic heterocycles. The number of para-hydroxylation sites is 3. The lowest BCUT2D eigenvalue weighted by Gasteiger charge is -2.08. The van der Waals surface area contributed by atoms with Crippen molar-refractivity contribution in [1.82, 2.24) is 9.55 Å². The molecule has 0 bridgehead atoms. The highest BCUT2D eigenvalue weighted by Gasteiger charge is 2.14. The summed E-state index contributed by atoms with van der Waals surface area (Å²) < 4.78 is 1.92. The third-order valence-electron chi connectivity index (χ3n) is 3.12. The van der Waals surface area contributed by atoms with Crippen LogP contribution in [0.2, 0.25) is 0 Å². The number of nitrogens with zero attached hydrogens (tertiary/aromatic N) is 2. The van der Waals surface area contributed by atoms with Gasteiger partial charge in [-0.05, 0) is 24.3 Å². The summed E-state index contributed by atoms with van der Waals surface area (Å²) in [5.41, 5.74) is 2.48. The summed E-state index contributed by atoms with van der Waals surface area (Å²) in [6.45, 7) is 0.477. The van der Waals surface area contributed by atoms with Gasteiger partial charge in [-0.2, -0.15) is 0 Å². The molecule has 2 N–H and O–H groups in total. The van der Waals surface area contributed by atoms with Crippen molar-refractivity contribution in [3.63, 3.8) is 0 Å². The zero-order valence-corrected chi connectivity index (χ0v) is 10.3. The number of aliphatic hydroxyl groups excluding tert-OH is 1. The van der Waals surface area contributed by atoms with Crippen LogP contribution in [0, 0.1) is 0 Å². The quantitative estimate of drug-likeness (QED) is 0.754. The predicted octanol–water partition coefficient (Wildman–Crippen LogP) is 2.40. The van der Waals surface area contributed by atoms with Gasteiger partial charge in [0.05, 0.1) is 23.2 Å². The monoisotopic (exact) mass is 254 g/mol. The van der Waals surface area contributed by atoms with Gasteiger partial charge in [0.1, 0.15) is 11.6 Å². The Labute approximate surface area is 110 Å². The van der Waals surface area contributed by atoms with Crippen LogP contribution in [0.5, 0.6) is 5.75 Å². The van der Waals surface area contributed by atoms with Crippen LogP contribution in [0.15, 0.2) is 48.5 Å². The van der Waals surface area contributed by atoms with Crippen LogP contribution in [0.25, 0.3) is 22.4 Å². The van der Waals surface area contributed by atoms with E-state index in [1.54, 1.807) is 12.1 Å². The van der Waals surface area contributed by atoms with Gasteiger partial charge in [-0.1, -0.05) is 24.3 Å². The van der Waals surface area contributed by atoms with Crippen LogP contribution in [0.4, 0.5) is 0 Å². The van der Waals surface area contributed by atoms with Crippen LogP contribution < -0.4 is 0 Å². The number of benzene rings is 2. The molecule has 0 aliphatic carbocycles. The van der Waals surface area contributed by atoms with Crippen molar-refractivity contribution in [2.45, 2.75) is 6.54 Å². The van der Waals surface area contributed by atoms with Crippen LogP contribution in [0.3, 0.4) is 0 Å². The number of rotatable bonds is 3. The molecule has 2 aromatic carbocycles. The summed E-state index contributed by atoms with van der Waals surface area (Å²) >= 11 is 0. The molecular weight excluding hydrogens is 240 g/mol. The highest BCUT2D eigenvalue weighted by Crippen LogP contribution is 2.30. The number of aliphatic hydroxyl groups is 1. The Bertz CT molecular complexity index is 719. The molecule has 0 unspecified atom stereocenters. The van der Waals surface area contributed by atoms with Crippen LogP contribution in [0.1, 0.15) is 0 Å². The molecule has 4 heteroatoms. The first-order chi connectivity index (χ1) is 9.31. The molecule has 0 radical (unpaired) electrons. The second kappa shape index (κ2) is 4.74. The second-order valence-corrected chi connectivity index (χ2v) is 4.32. The zero-order chi connectivity index (χ0) is 13.2. The minimum absolute atomic E-state index is 0.0287. The van der Waals surface area contributed by atoms with E-state index in [9.17, 15) is 10.2 Å². The molecule has 0 amide bonds. The van der Waals surface area contributed by atoms with E-state index < -0.39 is 0 Å². The molecule has 96 valence electrons. The van der Waals surface area contributed by atoms with E-state index in [-0.39, 0.29) is 12.4 Å². The van der Waals surface area contributed by atoms with E-state index in [0.717, 1.165) is 11.0 Å². The van der Waals surface area contributed by atoms with Gasteiger partial charge < -0.3 is 14.8 Å². The van der Waals surface area contributed by atoms with Crippen LogP contribution in [-0.2, 0) is 6.54 Å². The number of aromatic hydroxyl groups is 1. The van der Waals surface area contributed by atoms with Gasteiger partial charge in [-0.25, -0.2) is 4.98 Å². The Hall–Kier alpha value is -2.33. The minimum atomic E-state index is 0.0287. The summed E-state index contributed by atoms with van der Waals surface area (Å²) in [4.78, 5) is 4.55. The number of fused-ring (bicyclic) bond motifs is 1. The summed E-state index contributed by atoms with van der Waals surface area (Å²) in [6, 6.07) is 14.8. The number of phenolic OH excluding ortho intramolecular Hbond substituents is 1.